The molecule has 1 aliphatic heterocycles. The van der Waals surface area contributed by atoms with Gasteiger partial charge in [0.25, 0.3) is 0 Å². The summed E-state index contributed by atoms with van der Waals surface area (Å²) in [6, 6.07) is 11.8. The van der Waals surface area contributed by atoms with Gasteiger partial charge in [0, 0.05) is 25.4 Å². The number of aliphatic hydroxyl groups is 1. The van der Waals surface area contributed by atoms with Gasteiger partial charge in [-0.1, -0.05) is 18.2 Å². The number of rotatable bonds is 5. The summed E-state index contributed by atoms with van der Waals surface area (Å²) in [5.74, 6) is 0.577. The molecular formula is C20H28N6O3. The molecule has 0 saturated carbocycles. The minimum Gasteiger partial charge on any atom is -0.450 e. The molecule has 1 aromatic heterocycles. The first-order valence-corrected chi connectivity index (χ1v) is 9.40. The minimum absolute atomic E-state index is 0.250. The minimum atomic E-state index is -0.566. The Labute approximate surface area is 170 Å². The predicted octanol–water partition coefficient (Wildman–Crippen LogP) is 2.87. The number of pyridine rings is 1. The van der Waals surface area contributed by atoms with Crippen LogP contribution >= 0.6 is 0 Å². The Bertz CT molecular complexity index is 842. The normalized spacial score (nSPS) is 11.8. The number of hydrogen-bond donors (Lipinski definition) is 4. The van der Waals surface area contributed by atoms with Crippen LogP contribution in [0.15, 0.2) is 41.4 Å². The quantitative estimate of drug-likeness (QED) is 0.608. The highest BCUT2D eigenvalue weighted by Crippen LogP contribution is 2.35. The van der Waals surface area contributed by atoms with Gasteiger partial charge in [0.1, 0.15) is 11.5 Å². The molecule has 1 aromatic carbocycles. The molecule has 0 aliphatic carbocycles. The van der Waals surface area contributed by atoms with Gasteiger partial charge in [-0.3, -0.25) is 5.32 Å². The van der Waals surface area contributed by atoms with E-state index < -0.39 is 6.09 Å². The zero-order chi connectivity index (χ0) is 21.2. The number of nitrogen functional groups attached to an aromatic ring is 1. The Kier molecular flexibility index (Phi) is 8.23. The molecule has 156 valence electrons. The fraction of sp³-hybridized carbons (Fsp3) is 0.350. The summed E-state index contributed by atoms with van der Waals surface area (Å²) in [6.45, 7) is 5.21. The summed E-state index contributed by atoms with van der Waals surface area (Å²) < 4.78 is 4.85. The molecule has 0 radical (unpaired) electrons. The van der Waals surface area contributed by atoms with Gasteiger partial charge in [-0.2, -0.15) is 0 Å². The highest BCUT2D eigenvalue weighted by Gasteiger charge is 2.18. The van der Waals surface area contributed by atoms with Crippen molar-refractivity contribution in [2.45, 2.75) is 13.8 Å². The lowest BCUT2D eigenvalue weighted by molar-refractivity contribution is 0.168. The number of amides is 1. The standard InChI is InChI=1S/C18H22N6O2.C2H6O/c1-3-26-18(25)23-15-9-14-16(17(19)22-15)21-12(10-20-14)11-24(2)13-7-5-4-6-8-13;1-2-3/h4-9,20H,3,10-11H2,1-2H3,(H3,19,22,23,25);3H,2H2,1H3. The second kappa shape index (κ2) is 10.9. The third kappa shape index (κ3) is 6.35. The average molecular weight is 400 g/mol. The molecule has 3 rings (SSSR count). The van der Waals surface area contributed by atoms with E-state index in [4.69, 9.17) is 15.6 Å². The van der Waals surface area contributed by atoms with Gasteiger partial charge < -0.3 is 25.8 Å². The SMILES string of the molecule is CCO.CCOC(=O)Nc1cc2c(c(N)n1)N=C(CN(C)c1ccccc1)CN2. The summed E-state index contributed by atoms with van der Waals surface area (Å²) in [7, 11) is 2.02. The zero-order valence-electron chi connectivity index (χ0n) is 17.0. The van der Waals surface area contributed by atoms with E-state index in [1.807, 2.05) is 37.4 Å². The number of anilines is 4. The molecule has 0 spiro atoms. The Morgan fingerprint density at radius 1 is 1.34 bits per heavy atom. The maximum Gasteiger partial charge on any atom is 0.412 e. The number of ether oxygens (including phenoxy) is 1. The van der Waals surface area contributed by atoms with Crippen LogP contribution in [0.5, 0.6) is 0 Å². The van der Waals surface area contributed by atoms with E-state index in [0.29, 0.717) is 24.6 Å². The van der Waals surface area contributed by atoms with Crippen molar-refractivity contribution >= 4 is 40.5 Å². The van der Waals surface area contributed by atoms with Crippen LogP contribution in [0.25, 0.3) is 0 Å². The Morgan fingerprint density at radius 2 is 2.03 bits per heavy atom. The van der Waals surface area contributed by atoms with Crippen LogP contribution in [0.2, 0.25) is 0 Å². The summed E-state index contributed by atoms with van der Waals surface area (Å²) in [5, 5.41) is 13.4. The van der Waals surface area contributed by atoms with E-state index >= 15 is 0 Å². The molecule has 1 aliphatic rings. The molecule has 29 heavy (non-hydrogen) atoms. The van der Waals surface area contributed by atoms with E-state index in [2.05, 4.69) is 25.5 Å². The number of hydrogen-bond acceptors (Lipinski definition) is 8. The third-order valence-corrected chi connectivity index (χ3v) is 3.89. The molecule has 2 aromatic rings. The third-order valence-electron chi connectivity index (χ3n) is 3.89. The summed E-state index contributed by atoms with van der Waals surface area (Å²) in [4.78, 5) is 22.5. The molecule has 1 amide bonds. The Hall–Kier alpha value is -3.33. The summed E-state index contributed by atoms with van der Waals surface area (Å²) in [5.41, 5.74) is 9.41. The zero-order valence-corrected chi connectivity index (χ0v) is 17.0. The Morgan fingerprint density at radius 3 is 2.69 bits per heavy atom. The molecule has 0 atom stereocenters. The molecule has 0 unspecified atom stereocenters. The van der Waals surface area contributed by atoms with Crippen LogP contribution in [0.4, 0.5) is 33.5 Å². The molecule has 9 nitrogen and oxygen atoms in total. The highest BCUT2D eigenvalue weighted by atomic mass is 16.5. The van der Waals surface area contributed by atoms with Crippen LogP contribution in [0.3, 0.4) is 0 Å². The number of nitrogens with one attached hydrogen (secondary N) is 2. The van der Waals surface area contributed by atoms with Gasteiger partial charge in [0.2, 0.25) is 0 Å². The molecule has 9 heteroatoms. The molecule has 0 bridgehead atoms. The number of carbonyl (C=O) groups is 1. The number of carbonyl (C=O) groups excluding carboxylic acids is 1. The van der Waals surface area contributed by atoms with Gasteiger partial charge in [0.15, 0.2) is 5.82 Å². The molecular weight excluding hydrogens is 372 g/mol. The fourth-order valence-corrected chi connectivity index (χ4v) is 2.68. The number of nitrogens with zero attached hydrogens (tertiary/aromatic N) is 3. The van der Waals surface area contributed by atoms with Gasteiger partial charge in [-0.05, 0) is 26.0 Å². The van der Waals surface area contributed by atoms with E-state index in [1.165, 1.54) is 0 Å². The lowest BCUT2D eigenvalue weighted by Crippen LogP contribution is -2.31. The average Bonchev–Trinajstić information content (AvgIpc) is 2.70. The second-order valence-corrected chi connectivity index (χ2v) is 6.17. The van der Waals surface area contributed by atoms with Gasteiger partial charge in [-0.15, -0.1) is 0 Å². The summed E-state index contributed by atoms with van der Waals surface area (Å²) in [6.07, 6.45) is -0.566. The Balaban J connectivity index is 0.000000941. The molecule has 2 heterocycles. The van der Waals surface area contributed by atoms with Crippen molar-refractivity contribution < 1.29 is 14.6 Å². The highest BCUT2D eigenvalue weighted by molar-refractivity contribution is 6.00. The fourth-order valence-electron chi connectivity index (χ4n) is 2.68. The van der Waals surface area contributed by atoms with Gasteiger partial charge in [-0.25, -0.2) is 14.8 Å². The first-order valence-electron chi connectivity index (χ1n) is 9.40. The van der Waals surface area contributed by atoms with Crippen molar-refractivity contribution in [2.75, 3.05) is 54.6 Å². The summed E-state index contributed by atoms with van der Waals surface area (Å²) >= 11 is 0. The molecule has 0 saturated heterocycles. The van der Waals surface area contributed by atoms with Crippen molar-refractivity contribution in [3.05, 3.63) is 36.4 Å². The van der Waals surface area contributed by atoms with Crippen molar-refractivity contribution in [1.29, 1.82) is 0 Å². The number of benzene rings is 1. The predicted molar refractivity (Wildman–Crippen MR) is 117 cm³/mol. The van der Waals surface area contributed by atoms with Crippen molar-refractivity contribution in [2.24, 2.45) is 4.99 Å². The first kappa shape index (κ1) is 22.0. The topological polar surface area (TPSA) is 125 Å². The number of fused-ring (bicyclic) bond motifs is 1. The second-order valence-electron chi connectivity index (χ2n) is 6.17. The van der Waals surface area contributed by atoms with Gasteiger partial charge >= 0.3 is 6.09 Å². The molecule has 0 fully saturated rings. The van der Waals surface area contributed by atoms with E-state index in [9.17, 15) is 4.79 Å². The first-order chi connectivity index (χ1) is 14.0. The van der Waals surface area contributed by atoms with Crippen molar-refractivity contribution in [3.63, 3.8) is 0 Å². The molecule has 5 N–H and O–H groups in total. The number of aliphatic hydroxyl groups excluding tert-OH is 1. The number of aliphatic imine (C=N–C) groups is 1. The largest absolute Gasteiger partial charge is 0.450 e. The van der Waals surface area contributed by atoms with E-state index in [1.54, 1.807) is 19.9 Å². The number of nitrogens with two attached hydrogens (primary N) is 1. The number of para-hydroxylation sites is 1. The monoisotopic (exact) mass is 400 g/mol. The maximum atomic E-state index is 11.5. The van der Waals surface area contributed by atoms with E-state index in [-0.39, 0.29) is 19.0 Å². The lowest BCUT2D eigenvalue weighted by atomic mass is 10.2. The van der Waals surface area contributed by atoms with Crippen LogP contribution in [0.1, 0.15) is 13.8 Å². The smallest absolute Gasteiger partial charge is 0.412 e. The van der Waals surface area contributed by atoms with Crippen LogP contribution in [-0.2, 0) is 4.74 Å². The number of aromatic nitrogens is 1. The van der Waals surface area contributed by atoms with Crippen molar-refractivity contribution in [1.82, 2.24) is 4.98 Å². The van der Waals surface area contributed by atoms with E-state index in [0.717, 1.165) is 17.1 Å². The van der Waals surface area contributed by atoms with Gasteiger partial charge in [0.05, 0.1) is 31.1 Å². The van der Waals surface area contributed by atoms with Crippen LogP contribution in [0, 0.1) is 0 Å². The maximum absolute atomic E-state index is 11.5. The van der Waals surface area contributed by atoms with Crippen LogP contribution in [-0.4, -0.2) is 55.2 Å². The lowest BCUT2D eigenvalue weighted by Gasteiger charge is -2.24. The van der Waals surface area contributed by atoms with Crippen LogP contribution < -0.4 is 21.3 Å². The van der Waals surface area contributed by atoms with Crippen molar-refractivity contribution in [3.8, 4) is 0 Å².